The molecule has 0 aliphatic carbocycles. The molecule has 68 valence electrons. The smallest absolute Gasteiger partial charge is 0.327 e. The third-order valence-electron chi connectivity index (χ3n) is 2.19. The van der Waals surface area contributed by atoms with Crippen molar-refractivity contribution in [2.24, 2.45) is 0 Å². The Morgan fingerprint density at radius 3 is 2.85 bits per heavy atom. The lowest BCUT2D eigenvalue weighted by Gasteiger charge is -2.14. The predicted molar refractivity (Wildman–Crippen MR) is 53.0 cm³/mol. The summed E-state index contributed by atoms with van der Waals surface area (Å²) in [6, 6.07) is 7.21. The van der Waals surface area contributed by atoms with Crippen LogP contribution in [0.25, 0.3) is 0 Å². The van der Waals surface area contributed by atoms with Crippen molar-refractivity contribution in [2.45, 2.75) is 12.5 Å². The lowest BCUT2D eigenvalue weighted by molar-refractivity contribution is -0.138. The molecule has 13 heavy (non-hydrogen) atoms. The summed E-state index contributed by atoms with van der Waals surface area (Å²) < 4.78 is 1.63. The zero-order valence-corrected chi connectivity index (χ0v) is 8.36. The number of carbonyl (C=O) groups is 1. The van der Waals surface area contributed by atoms with E-state index >= 15 is 0 Å². The highest BCUT2D eigenvalue weighted by Gasteiger charge is 2.32. The van der Waals surface area contributed by atoms with Crippen molar-refractivity contribution >= 4 is 27.8 Å². The van der Waals surface area contributed by atoms with Crippen LogP contribution in [-0.4, -0.2) is 17.1 Å². The van der Waals surface area contributed by atoms with Crippen molar-refractivity contribution in [1.82, 2.24) is 0 Å². The molecule has 0 saturated heterocycles. The van der Waals surface area contributed by atoms with Crippen LogP contribution in [-0.2, 0) is 11.2 Å². The van der Waals surface area contributed by atoms with Crippen LogP contribution < -0.4 is 3.93 Å². The fourth-order valence-corrected chi connectivity index (χ4v) is 2.20. The third kappa shape index (κ3) is 1.31. The van der Waals surface area contributed by atoms with E-state index in [1.54, 1.807) is 3.93 Å². The van der Waals surface area contributed by atoms with Crippen molar-refractivity contribution in [2.75, 3.05) is 3.93 Å². The van der Waals surface area contributed by atoms with E-state index in [0.717, 1.165) is 11.3 Å². The number of fused-ring (bicyclic) bond motifs is 1. The molecule has 4 heteroatoms. The molecule has 0 amide bonds. The van der Waals surface area contributed by atoms with Crippen LogP contribution >= 0.6 is 16.1 Å². The predicted octanol–water partition coefficient (Wildman–Crippen LogP) is 1.81. The Kier molecular flexibility index (Phi) is 2.00. The second kappa shape index (κ2) is 3.03. The summed E-state index contributed by atoms with van der Waals surface area (Å²) in [6.07, 6.45) is 0.566. The van der Waals surface area contributed by atoms with Crippen LogP contribution in [0.1, 0.15) is 5.56 Å². The van der Waals surface area contributed by atoms with Gasteiger partial charge in [0.25, 0.3) is 0 Å². The van der Waals surface area contributed by atoms with E-state index in [-0.39, 0.29) is 0 Å². The van der Waals surface area contributed by atoms with E-state index in [0.29, 0.717) is 6.42 Å². The highest BCUT2D eigenvalue weighted by atomic mass is 79.9. The van der Waals surface area contributed by atoms with Crippen LogP contribution in [0.4, 0.5) is 5.69 Å². The molecule has 1 aliphatic rings. The van der Waals surface area contributed by atoms with E-state index in [2.05, 4.69) is 16.1 Å². The number of para-hydroxylation sites is 1. The van der Waals surface area contributed by atoms with Gasteiger partial charge in [0.1, 0.15) is 6.04 Å². The van der Waals surface area contributed by atoms with E-state index in [4.69, 9.17) is 5.11 Å². The number of aliphatic carboxylic acids is 1. The third-order valence-corrected chi connectivity index (χ3v) is 3.07. The van der Waals surface area contributed by atoms with Gasteiger partial charge in [-0.15, -0.1) is 0 Å². The average molecular weight is 242 g/mol. The van der Waals surface area contributed by atoms with Gasteiger partial charge in [-0.25, -0.2) is 4.79 Å². The summed E-state index contributed by atoms with van der Waals surface area (Å²) in [6.45, 7) is 0. The van der Waals surface area contributed by atoms with Crippen molar-refractivity contribution < 1.29 is 9.90 Å². The molecule has 3 nitrogen and oxygen atoms in total. The number of hydrogen-bond donors (Lipinski definition) is 1. The van der Waals surface area contributed by atoms with Gasteiger partial charge in [0.15, 0.2) is 0 Å². The Morgan fingerprint density at radius 2 is 2.23 bits per heavy atom. The summed E-state index contributed by atoms with van der Waals surface area (Å²) in [4.78, 5) is 10.8. The van der Waals surface area contributed by atoms with Gasteiger partial charge in [-0.2, -0.15) is 0 Å². The zero-order chi connectivity index (χ0) is 9.42. The van der Waals surface area contributed by atoms with Gasteiger partial charge in [-0.1, -0.05) is 18.2 Å². The molecule has 1 aromatic carbocycles. The molecule has 1 atom stereocenters. The molecule has 0 radical (unpaired) electrons. The quantitative estimate of drug-likeness (QED) is 0.763. The van der Waals surface area contributed by atoms with Gasteiger partial charge in [0.2, 0.25) is 0 Å². The molecule has 1 aromatic rings. The van der Waals surface area contributed by atoms with Gasteiger partial charge in [-0.3, -0.25) is 3.93 Å². The average Bonchev–Trinajstić information content (AvgIpc) is 2.45. The number of rotatable bonds is 1. The van der Waals surface area contributed by atoms with Gasteiger partial charge in [0, 0.05) is 6.42 Å². The number of hydrogen-bond acceptors (Lipinski definition) is 2. The molecule has 0 bridgehead atoms. The zero-order valence-electron chi connectivity index (χ0n) is 6.77. The Morgan fingerprint density at radius 1 is 1.54 bits per heavy atom. The van der Waals surface area contributed by atoms with Crippen molar-refractivity contribution in [3.63, 3.8) is 0 Å². The number of nitrogens with zero attached hydrogens (tertiary/aromatic N) is 1. The maximum Gasteiger partial charge on any atom is 0.327 e. The minimum absolute atomic E-state index is 0.475. The lowest BCUT2D eigenvalue weighted by Crippen LogP contribution is -2.31. The van der Waals surface area contributed by atoms with Gasteiger partial charge in [-0.05, 0) is 11.6 Å². The van der Waals surface area contributed by atoms with E-state index in [1.165, 1.54) is 0 Å². The SMILES string of the molecule is O=C(O)C1Cc2ccccc2N1Br. The van der Waals surface area contributed by atoms with E-state index in [9.17, 15) is 4.79 Å². The first-order valence-corrected chi connectivity index (χ1v) is 4.67. The number of halogens is 1. The summed E-state index contributed by atoms with van der Waals surface area (Å²) >= 11 is 3.26. The maximum atomic E-state index is 10.8. The van der Waals surface area contributed by atoms with E-state index in [1.807, 2.05) is 24.3 Å². The molecular weight excluding hydrogens is 234 g/mol. The van der Waals surface area contributed by atoms with Crippen LogP contribution in [0.5, 0.6) is 0 Å². The normalized spacial score (nSPS) is 20.1. The fraction of sp³-hybridized carbons (Fsp3) is 0.222. The second-order valence-corrected chi connectivity index (χ2v) is 3.76. The monoisotopic (exact) mass is 241 g/mol. The standard InChI is InChI=1S/C9H8BrNO2/c10-11-7-4-2-1-3-6(7)5-8(11)9(12)13/h1-4,8H,5H2,(H,12,13). The number of anilines is 1. The lowest BCUT2D eigenvalue weighted by atomic mass is 10.1. The van der Waals surface area contributed by atoms with Crippen molar-refractivity contribution in [3.8, 4) is 0 Å². The topological polar surface area (TPSA) is 40.5 Å². The van der Waals surface area contributed by atoms with Gasteiger partial charge >= 0.3 is 5.97 Å². The first-order chi connectivity index (χ1) is 6.20. The Hall–Kier alpha value is -1.03. The maximum absolute atomic E-state index is 10.8. The molecule has 0 saturated carbocycles. The van der Waals surface area contributed by atoms with Crippen molar-refractivity contribution in [3.05, 3.63) is 29.8 Å². The molecule has 2 rings (SSSR count). The first kappa shape index (κ1) is 8.56. The van der Waals surface area contributed by atoms with Crippen LogP contribution in [0.3, 0.4) is 0 Å². The van der Waals surface area contributed by atoms with E-state index < -0.39 is 12.0 Å². The highest BCUT2D eigenvalue weighted by Crippen LogP contribution is 2.34. The molecule has 0 fully saturated rings. The minimum Gasteiger partial charge on any atom is -0.480 e. The Balaban J connectivity index is 2.38. The molecule has 1 unspecified atom stereocenters. The number of carboxylic acids is 1. The van der Waals surface area contributed by atoms with Crippen LogP contribution in [0.15, 0.2) is 24.3 Å². The van der Waals surface area contributed by atoms with Crippen molar-refractivity contribution in [1.29, 1.82) is 0 Å². The summed E-state index contributed by atoms with van der Waals surface area (Å²) in [5, 5.41) is 8.88. The summed E-state index contributed by atoms with van der Waals surface area (Å²) in [7, 11) is 0. The van der Waals surface area contributed by atoms with Crippen LogP contribution in [0.2, 0.25) is 0 Å². The van der Waals surface area contributed by atoms with Crippen LogP contribution in [0, 0.1) is 0 Å². The number of benzene rings is 1. The summed E-state index contributed by atoms with van der Waals surface area (Å²) in [5.74, 6) is -0.798. The minimum atomic E-state index is -0.798. The first-order valence-electron chi connectivity index (χ1n) is 3.96. The van der Waals surface area contributed by atoms with Gasteiger partial charge in [0.05, 0.1) is 21.8 Å². The second-order valence-electron chi connectivity index (χ2n) is 3.00. The highest BCUT2D eigenvalue weighted by molar-refractivity contribution is 9.10. The Labute approximate surface area is 84.3 Å². The molecular formula is C9H8BrNO2. The number of carboxylic acid groups (broad SMARTS) is 1. The fourth-order valence-electron chi connectivity index (χ4n) is 1.53. The molecule has 1 heterocycles. The molecule has 1 aliphatic heterocycles. The largest absolute Gasteiger partial charge is 0.480 e. The van der Waals surface area contributed by atoms with Gasteiger partial charge < -0.3 is 5.11 Å². The molecule has 0 spiro atoms. The molecule has 1 N–H and O–H groups in total. The summed E-state index contributed by atoms with van der Waals surface area (Å²) in [5.41, 5.74) is 2.03. The molecule has 0 aromatic heterocycles. The Bertz CT molecular complexity index is 353.